The molecule has 0 radical (unpaired) electrons. The molecule has 2 aromatic rings. The topological polar surface area (TPSA) is 53.7 Å². The second-order valence-corrected chi connectivity index (χ2v) is 4.75. The Morgan fingerprint density at radius 1 is 1.24 bits per heavy atom. The van der Waals surface area contributed by atoms with Crippen molar-refractivity contribution in [1.29, 1.82) is 0 Å². The number of benzene rings is 1. The van der Waals surface area contributed by atoms with Crippen molar-refractivity contribution >= 4 is 12.0 Å². The average Bonchev–Trinajstić information content (AvgIpc) is 2.98. The SMILES string of the molecule is CCN(Cc1ccco1)Cc1ccccc1C=CC(=O)O. The lowest BCUT2D eigenvalue weighted by Crippen LogP contribution is -2.22. The summed E-state index contributed by atoms with van der Waals surface area (Å²) in [4.78, 5) is 12.9. The minimum atomic E-state index is -0.937. The first-order chi connectivity index (χ1) is 10.2. The second kappa shape index (κ2) is 7.45. The Morgan fingerprint density at radius 3 is 2.71 bits per heavy atom. The lowest BCUT2D eigenvalue weighted by Gasteiger charge is -2.20. The van der Waals surface area contributed by atoms with Gasteiger partial charge >= 0.3 is 5.97 Å². The number of nitrogens with zero attached hydrogens (tertiary/aromatic N) is 1. The zero-order chi connectivity index (χ0) is 15.1. The monoisotopic (exact) mass is 285 g/mol. The normalized spacial score (nSPS) is 11.3. The molecular formula is C17H19NO3. The van der Waals surface area contributed by atoms with E-state index in [1.807, 2.05) is 36.4 Å². The molecule has 1 aromatic heterocycles. The maximum absolute atomic E-state index is 10.7. The molecule has 1 N–H and O–H groups in total. The first-order valence-electron chi connectivity index (χ1n) is 6.92. The largest absolute Gasteiger partial charge is 0.478 e. The van der Waals surface area contributed by atoms with E-state index in [2.05, 4.69) is 11.8 Å². The van der Waals surface area contributed by atoms with Crippen molar-refractivity contribution < 1.29 is 14.3 Å². The fourth-order valence-corrected chi connectivity index (χ4v) is 2.15. The molecule has 0 aliphatic rings. The zero-order valence-corrected chi connectivity index (χ0v) is 12.0. The molecule has 0 fully saturated rings. The number of carboxylic acids is 1. The molecule has 110 valence electrons. The minimum Gasteiger partial charge on any atom is -0.478 e. The van der Waals surface area contributed by atoms with Gasteiger partial charge in [-0.2, -0.15) is 0 Å². The number of aliphatic carboxylic acids is 1. The van der Waals surface area contributed by atoms with Gasteiger partial charge in [0.05, 0.1) is 12.8 Å². The molecule has 0 amide bonds. The van der Waals surface area contributed by atoms with Crippen LogP contribution in [0.25, 0.3) is 6.08 Å². The van der Waals surface area contributed by atoms with E-state index in [0.29, 0.717) is 0 Å². The van der Waals surface area contributed by atoms with Crippen LogP contribution in [0, 0.1) is 0 Å². The van der Waals surface area contributed by atoms with Crippen molar-refractivity contribution in [2.24, 2.45) is 0 Å². The Labute approximate surface area is 124 Å². The van der Waals surface area contributed by atoms with Gasteiger partial charge in [0, 0.05) is 12.6 Å². The summed E-state index contributed by atoms with van der Waals surface area (Å²) < 4.78 is 5.38. The first kappa shape index (κ1) is 15.1. The molecule has 0 aliphatic heterocycles. The van der Waals surface area contributed by atoms with Gasteiger partial charge in [0.2, 0.25) is 0 Å². The van der Waals surface area contributed by atoms with E-state index in [-0.39, 0.29) is 0 Å². The highest BCUT2D eigenvalue weighted by atomic mass is 16.4. The number of rotatable bonds is 7. The molecule has 0 atom stereocenters. The van der Waals surface area contributed by atoms with Crippen molar-refractivity contribution in [2.75, 3.05) is 6.54 Å². The smallest absolute Gasteiger partial charge is 0.328 e. The number of hydrogen-bond donors (Lipinski definition) is 1. The number of carboxylic acid groups (broad SMARTS) is 1. The lowest BCUT2D eigenvalue weighted by molar-refractivity contribution is -0.131. The maximum atomic E-state index is 10.7. The summed E-state index contributed by atoms with van der Waals surface area (Å²) in [7, 11) is 0. The van der Waals surface area contributed by atoms with Gasteiger partial charge in [0.1, 0.15) is 5.76 Å². The third-order valence-corrected chi connectivity index (χ3v) is 3.26. The number of hydrogen-bond acceptors (Lipinski definition) is 3. The molecule has 2 rings (SSSR count). The van der Waals surface area contributed by atoms with Gasteiger partial charge in [-0.1, -0.05) is 31.2 Å². The summed E-state index contributed by atoms with van der Waals surface area (Å²) in [6, 6.07) is 11.7. The highest BCUT2D eigenvalue weighted by Crippen LogP contribution is 2.15. The Bertz CT molecular complexity index is 602. The molecule has 0 unspecified atom stereocenters. The van der Waals surface area contributed by atoms with Gasteiger partial charge < -0.3 is 9.52 Å². The maximum Gasteiger partial charge on any atom is 0.328 e. The Kier molecular flexibility index (Phi) is 5.35. The molecule has 0 saturated heterocycles. The summed E-state index contributed by atoms with van der Waals surface area (Å²) in [5.74, 6) is -0.0110. The number of furan rings is 1. The quantitative estimate of drug-likeness (QED) is 0.792. The van der Waals surface area contributed by atoms with E-state index in [1.165, 1.54) is 6.08 Å². The highest BCUT2D eigenvalue weighted by Gasteiger charge is 2.08. The lowest BCUT2D eigenvalue weighted by atomic mass is 10.1. The van der Waals surface area contributed by atoms with Gasteiger partial charge in [-0.25, -0.2) is 4.79 Å². The molecule has 0 spiro atoms. The van der Waals surface area contributed by atoms with E-state index in [9.17, 15) is 4.79 Å². The van der Waals surface area contributed by atoms with Crippen LogP contribution in [0.3, 0.4) is 0 Å². The van der Waals surface area contributed by atoms with Crippen molar-refractivity contribution in [2.45, 2.75) is 20.0 Å². The summed E-state index contributed by atoms with van der Waals surface area (Å²) in [5, 5.41) is 8.76. The summed E-state index contributed by atoms with van der Waals surface area (Å²) >= 11 is 0. The van der Waals surface area contributed by atoms with Gasteiger partial charge in [0.15, 0.2) is 0 Å². The summed E-state index contributed by atoms with van der Waals surface area (Å²) in [6.07, 6.45) is 4.48. The van der Waals surface area contributed by atoms with E-state index < -0.39 is 5.97 Å². The molecule has 0 bridgehead atoms. The zero-order valence-electron chi connectivity index (χ0n) is 12.0. The minimum absolute atomic E-state index is 0.737. The molecule has 4 nitrogen and oxygen atoms in total. The first-order valence-corrected chi connectivity index (χ1v) is 6.92. The Hall–Kier alpha value is -2.33. The molecule has 1 heterocycles. The van der Waals surface area contributed by atoms with E-state index in [0.717, 1.165) is 36.5 Å². The standard InChI is InChI=1S/C17H19NO3/c1-2-18(13-16-8-5-11-21-16)12-15-7-4-3-6-14(15)9-10-17(19)20/h3-11H,2,12-13H2,1H3,(H,19,20). The molecule has 21 heavy (non-hydrogen) atoms. The van der Waals surface area contributed by atoms with E-state index >= 15 is 0 Å². The van der Waals surface area contributed by atoms with Gasteiger partial charge in [-0.15, -0.1) is 0 Å². The van der Waals surface area contributed by atoms with E-state index in [1.54, 1.807) is 12.3 Å². The van der Waals surface area contributed by atoms with Crippen molar-refractivity contribution in [3.8, 4) is 0 Å². The van der Waals surface area contributed by atoms with Crippen molar-refractivity contribution in [3.63, 3.8) is 0 Å². The van der Waals surface area contributed by atoms with Crippen molar-refractivity contribution in [1.82, 2.24) is 4.90 Å². The Balaban J connectivity index is 2.11. The van der Waals surface area contributed by atoms with Crippen LogP contribution < -0.4 is 0 Å². The van der Waals surface area contributed by atoms with Gasteiger partial charge in [-0.05, 0) is 35.9 Å². The van der Waals surface area contributed by atoms with Crippen LogP contribution in [0.2, 0.25) is 0 Å². The average molecular weight is 285 g/mol. The highest BCUT2D eigenvalue weighted by molar-refractivity contribution is 5.85. The van der Waals surface area contributed by atoms with Crippen LogP contribution >= 0.6 is 0 Å². The molecule has 1 aromatic carbocycles. The van der Waals surface area contributed by atoms with E-state index in [4.69, 9.17) is 9.52 Å². The van der Waals surface area contributed by atoms with Crippen LogP contribution in [-0.2, 0) is 17.9 Å². The molecule has 4 heteroatoms. The third kappa shape index (κ3) is 4.61. The van der Waals surface area contributed by atoms with Crippen LogP contribution in [0.1, 0.15) is 23.8 Å². The fourth-order valence-electron chi connectivity index (χ4n) is 2.15. The van der Waals surface area contributed by atoms with Crippen LogP contribution in [0.5, 0.6) is 0 Å². The van der Waals surface area contributed by atoms with Crippen LogP contribution in [0.4, 0.5) is 0 Å². The number of carbonyl (C=O) groups is 1. The summed E-state index contributed by atoms with van der Waals surface area (Å²) in [5.41, 5.74) is 2.03. The predicted octanol–water partition coefficient (Wildman–Crippen LogP) is 3.40. The third-order valence-electron chi connectivity index (χ3n) is 3.26. The van der Waals surface area contributed by atoms with Crippen LogP contribution in [-0.4, -0.2) is 22.5 Å². The second-order valence-electron chi connectivity index (χ2n) is 4.75. The fraction of sp³-hybridized carbons (Fsp3) is 0.235. The van der Waals surface area contributed by atoms with Gasteiger partial charge in [-0.3, -0.25) is 4.90 Å². The summed E-state index contributed by atoms with van der Waals surface area (Å²) in [6.45, 7) is 4.47. The Morgan fingerprint density at radius 2 is 2.05 bits per heavy atom. The molecule has 0 saturated carbocycles. The van der Waals surface area contributed by atoms with Crippen molar-refractivity contribution in [3.05, 3.63) is 65.6 Å². The van der Waals surface area contributed by atoms with Gasteiger partial charge in [0.25, 0.3) is 0 Å². The molecular weight excluding hydrogens is 266 g/mol. The van der Waals surface area contributed by atoms with Crippen LogP contribution in [0.15, 0.2) is 53.2 Å². The predicted molar refractivity (Wildman–Crippen MR) is 81.6 cm³/mol. The molecule has 0 aliphatic carbocycles.